The number of nitrogens with one attached hydrogen (secondary N) is 2. The van der Waals surface area contributed by atoms with E-state index in [0.29, 0.717) is 17.1 Å². The molecule has 0 aromatic carbocycles. The highest BCUT2D eigenvalue weighted by Gasteiger charge is 2.48. The van der Waals surface area contributed by atoms with Crippen LogP contribution in [0.25, 0.3) is 0 Å². The number of rotatable bonds is 7. The molecule has 1 aromatic rings. The van der Waals surface area contributed by atoms with Gasteiger partial charge >= 0.3 is 0 Å². The van der Waals surface area contributed by atoms with Gasteiger partial charge in [0.2, 0.25) is 0 Å². The zero-order valence-electron chi connectivity index (χ0n) is 16.4. The lowest BCUT2D eigenvalue weighted by Crippen LogP contribution is -2.37. The zero-order valence-corrected chi connectivity index (χ0v) is 17.1. The molecule has 1 heterocycles. The Balaban J connectivity index is 1.41. The lowest BCUT2D eigenvalue weighted by Gasteiger charge is -2.38. The van der Waals surface area contributed by atoms with Gasteiger partial charge in [-0.15, -0.1) is 0 Å². The normalized spacial score (nSPS) is 31.1. The predicted octanol–water partition coefficient (Wildman–Crippen LogP) is 4.00. The maximum absolute atomic E-state index is 12.8. The molecule has 4 nitrogen and oxygen atoms in total. The third kappa shape index (κ3) is 3.93. The number of aryl methyl sites for hydroxylation is 1. The van der Waals surface area contributed by atoms with Gasteiger partial charge in [0, 0.05) is 23.9 Å². The van der Waals surface area contributed by atoms with Crippen LogP contribution in [0.5, 0.6) is 0 Å². The van der Waals surface area contributed by atoms with E-state index in [1.165, 1.54) is 25.7 Å². The van der Waals surface area contributed by atoms with E-state index in [1.807, 2.05) is 13.1 Å². The third-order valence-electron chi connectivity index (χ3n) is 6.72. The standard InChI is InChI=1S/C22H30ClN3O/c1-22(10-14-6-15-8-16(11-22)18(15)7-14)13-26-21(27)19-9-17(4-3-5-24-2)25-12-20(19)23/h9,11-12,14-15,18,24H,3-8,10,13H2,1-2H3,(H,26,27). The number of fused-ring (bicyclic) bond motifs is 1. The lowest BCUT2D eigenvalue weighted by molar-refractivity contribution is 0.0936. The van der Waals surface area contributed by atoms with Gasteiger partial charge in [0.25, 0.3) is 5.91 Å². The molecule has 0 saturated heterocycles. The molecule has 4 rings (SSSR count). The number of hydrogen-bond acceptors (Lipinski definition) is 3. The van der Waals surface area contributed by atoms with Crippen LogP contribution >= 0.6 is 11.6 Å². The van der Waals surface area contributed by atoms with Crippen LogP contribution in [0.1, 0.15) is 55.1 Å². The van der Waals surface area contributed by atoms with Crippen molar-refractivity contribution >= 4 is 17.5 Å². The van der Waals surface area contributed by atoms with E-state index in [-0.39, 0.29) is 11.3 Å². The van der Waals surface area contributed by atoms with Crippen molar-refractivity contribution in [3.05, 3.63) is 40.2 Å². The number of amides is 1. The molecule has 27 heavy (non-hydrogen) atoms. The van der Waals surface area contributed by atoms with E-state index in [4.69, 9.17) is 11.6 Å². The number of allylic oxidation sites excluding steroid dienone is 1. The first kappa shape index (κ1) is 18.9. The minimum absolute atomic E-state index is 0.0604. The Morgan fingerprint density at radius 2 is 2.26 bits per heavy atom. The number of hydrogen-bond donors (Lipinski definition) is 2. The molecule has 2 bridgehead atoms. The van der Waals surface area contributed by atoms with Crippen LogP contribution in [0, 0.1) is 23.2 Å². The molecule has 4 unspecified atom stereocenters. The van der Waals surface area contributed by atoms with Gasteiger partial charge in [-0.2, -0.15) is 0 Å². The molecule has 0 radical (unpaired) electrons. The smallest absolute Gasteiger partial charge is 0.252 e. The molecule has 5 heteroatoms. The number of carbonyl (C=O) groups excluding carboxylic acids is 1. The maximum atomic E-state index is 12.8. The van der Waals surface area contributed by atoms with Crippen molar-refractivity contribution < 1.29 is 4.79 Å². The fourth-order valence-corrected chi connectivity index (χ4v) is 5.64. The molecule has 3 aliphatic carbocycles. The molecule has 1 amide bonds. The van der Waals surface area contributed by atoms with Gasteiger partial charge in [0.15, 0.2) is 0 Å². The van der Waals surface area contributed by atoms with Crippen LogP contribution < -0.4 is 10.6 Å². The van der Waals surface area contributed by atoms with Crippen molar-refractivity contribution in [3.63, 3.8) is 0 Å². The number of halogens is 1. The van der Waals surface area contributed by atoms with Gasteiger partial charge in [0.1, 0.15) is 0 Å². The quantitative estimate of drug-likeness (QED) is 0.549. The highest BCUT2D eigenvalue weighted by atomic mass is 35.5. The summed E-state index contributed by atoms with van der Waals surface area (Å²) in [6.45, 7) is 3.91. The van der Waals surface area contributed by atoms with Gasteiger partial charge < -0.3 is 10.6 Å². The van der Waals surface area contributed by atoms with Gasteiger partial charge in [-0.3, -0.25) is 9.78 Å². The molecular formula is C22H30ClN3O. The van der Waals surface area contributed by atoms with Crippen molar-refractivity contribution in [2.24, 2.45) is 23.2 Å². The average molecular weight is 388 g/mol. The Morgan fingerprint density at radius 1 is 1.41 bits per heavy atom. The number of nitrogens with zero attached hydrogens (tertiary/aromatic N) is 1. The zero-order chi connectivity index (χ0) is 19.0. The first-order valence-electron chi connectivity index (χ1n) is 10.3. The topological polar surface area (TPSA) is 54.0 Å². The van der Waals surface area contributed by atoms with E-state index >= 15 is 0 Å². The molecule has 2 saturated carbocycles. The summed E-state index contributed by atoms with van der Waals surface area (Å²) in [5, 5.41) is 6.72. The molecule has 146 valence electrons. The van der Waals surface area contributed by atoms with Gasteiger partial charge in [0.05, 0.1) is 10.6 Å². The highest BCUT2D eigenvalue weighted by Crippen LogP contribution is 2.58. The van der Waals surface area contributed by atoms with Crippen LogP contribution in [0.4, 0.5) is 0 Å². The van der Waals surface area contributed by atoms with Crippen LogP contribution in [-0.2, 0) is 6.42 Å². The van der Waals surface area contributed by atoms with Gasteiger partial charge in [-0.05, 0) is 75.9 Å². The first-order chi connectivity index (χ1) is 13.0. The molecule has 0 spiro atoms. The molecule has 0 aliphatic heterocycles. The van der Waals surface area contributed by atoms with Crippen LogP contribution in [-0.4, -0.2) is 31.0 Å². The number of carbonyl (C=O) groups is 1. The Kier molecular flexibility index (Phi) is 5.30. The second kappa shape index (κ2) is 7.56. The largest absolute Gasteiger partial charge is 0.351 e. The molecule has 3 aliphatic rings. The summed E-state index contributed by atoms with van der Waals surface area (Å²) >= 11 is 6.27. The Labute approximate surface area is 167 Å². The van der Waals surface area contributed by atoms with Crippen molar-refractivity contribution in [2.75, 3.05) is 20.1 Å². The van der Waals surface area contributed by atoms with Crippen LogP contribution in [0.15, 0.2) is 23.9 Å². The maximum Gasteiger partial charge on any atom is 0.252 e. The minimum Gasteiger partial charge on any atom is -0.351 e. The van der Waals surface area contributed by atoms with Crippen molar-refractivity contribution in [1.82, 2.24) is 15.6 Å². The van der Waals surface area contributed by atoms with E-state index < -0.39 is 0 Å². The predicted molar refractivity (Wildman–Crippen MR) is 109 cm³/mol. The van der Waals surface area contributed by atoms with Gasteiger partial charge in [-0.25, -0.2) is 0 Å². The average Bonchev–Trinajstić information content (AvgIpc) is 2.89. The Bertz CT molecular complexity index is 762. The second-order valence-corrected chi connectivity index (χ2v) is 9.44. The molecule has 2 N–H and O–H groups in total. The number of pyridine rings is 1. The highest BCUT2D eigenvalue weighted by molar-refractivity contribution is 6.33. The fraction of sp³-hybridized carbons (Fsp3) is 0.636. The second-order valence-electron chi connectivity index (χ2n) is 9.03. The molecule has 1 aromatic heterocycles. The van der Waals surface area contributed by atoms with Crippen molar-refractivity contribution in [1.29, 1.82) is 0 Å². The summed E-state index contributed by atoms with van der Waals surface area (Å²) in [5.41, 5.74) is 3.16. The summed E-state index contributed by atoms with van der Waals surface area (Å²) in [4.78, 5) is 17.2. The van der Waals surface area contributed by atoms with E-state index in [1.54, 1.807) is 11.8 Å². The Morgan fingerprint density at radius 3 is 3.07 bits per heavy atom. The summed E-state index contributed by atoms with van der Waals surface area (Å²) in [5.74, 6) is 2.54. The summed E-state index contributed by atoms with van der Waals surface area (Å²) < 4.78 is 0. The first-order valence-corrected chi connectivity index (χ1v) is 10.6. The summed E-state index contributed by atoms with van der Waals surface area (Å²) in [7, 11) is 1.94. The van der Waals surface area contributed by atoms with Crippen molar-refractivity contribution in [3.8, 4) is 0 Å². The fourth-order valence-electron chi connectivity index (χ4n) is 5.45. The molecule has 2 fully saturated rings. The lowest BCUT2D eigenvalue weighted by atomic mass is 9.67. The van der Waals surface area contributed by atoms with E-state index in [0.717, 1.165) is 42.8 Å². The summed E-state index contributed by atoms with van der Waals surface area (Å²) in [6, 6.07) is 1.85. The minimum atomic E-state index is -0.0854. The molecule has 4 atom stereocenters. The van der Waals surface area contributed by atoms with Crippen LogP contribution in [0.2, 0.25) is 5.02 Å². The molecular weight excluding hydrogens is 358 g/mol. The van der Waals surface area contributed by atoms with E-state index in [2.05, 4.69) is 28.6 Å². The van der Waals surface area contributed by atoms with Crippen molar-refractivity contribution in [2.45, 2.75) is 45.4 Å². The Hall–Kier alpha value is -1.39. The van der Waals surface area contributed by atoms with E-state index in [9.17, 15) is 4.79 Å². The third-order valence-corrected chi connectivity index (χ3v) is 7.03. The monoisotopic (exact) mass is 387 g/mol. The van der Waals surface area contributed by atoms with Crippen LogP contribution in [0.3, 0.4) is 0 Å². The SMILES string of the molecule is CNCCCc1cc(C(=O)NCC2(C)C=C3CC4CC(CC34)C2)c(Cl)cn1. The van der Waals surface area contributed by atoms with Gasteiger partial charge in [-0.1, -0.05) is 30.2 Å². The number of aromatic nitrogens is 1. The summed E-state index contributed by atoms with van der Waals surface area (Å²) in [6.07, 6.45) is 11.1.